The van der Waals surface area contributed by atoms with Crippen LogP contribution in [0.5, 0.6) is 0 Å². The molecule has 5 N–H and O–H groups in total. The van der Waals surface area contributed by atoms with Crippen LogP contribution in [0.1, 0.15) is 72.5 Å². The second-order valence-electron chi connectivity index (χ2n) is 8.78. The van der Waals surface area contributed by atoms with Gasteiger partial charge in [-0.3, -0.25) is 19.3 Å². The lowest BCUT2D eigenvalue weighted by atomic mass is 9.94. The Labute approximate surface area is 196 Å². The fourth-order valence-corrected chi connectivity index (χ4v) is 4.84. The minimum atomic E-state index is -0.858. The van der Waals surface area contributed by atoms with Gasteiger partial charge < -0.3 is 16.8 Å². The van der Waals surface area contributed by atoms with E-state index in [9.17, 15) is 18.8 Å². The van der Waals surface area contributed by atoms with Gasteiger partial charge in [0.2, 0.25) is 5.91 Å². The van der Waals surface area contributed by atoms with Crippen LogP contribution in [-0.4, -0.2) is 34.2 Å². The minimum absolute atomic E-state index is 0.00680. The first-order valence-corrected chi connectivity index (χ1v) is 11.9. The van der Waals surface area contributed by atoms with Crippen LogP contribution in [0.25, 0.3) is 0 Å². The third kappa shape index (κ3) is 5.87. The van der Waals surface area contributed by atoms with Crippen molar-refractivity contribution >= 4 is 40.6 Å². The van der Waals surface area contributed by atoms with Crippen LogP contribution in [-0.2, 0) is 4.79 Å². The molecule has 10 heteroatoms. The van der Waals surface area contributed by atoms with Crippen LogP contribution in [0.3, 0.4) is 0 Å². The molecule has 1 atom stereocenters. The third-order valence-electron chi connectivity index (χ3n) is 5.74. The molecule has 178 valence electrons. The number of benzene rings is 1. The second kappa shape index (κ2) is 10.7. The number of nitrogens with zero attached hydrogens (tertiary/aromatic N) is 2. The van der Waals surface area contributed by atoms with E-state index in [0.717, 1.165) is 43.6 Å². The number of hydrogen-bond donors (Lipinski definition) is 3. The van der Waals surface area contributed by atoms with Gasteiger partial charge in [-0.2, -0.15) is 4.37 Å². The van der Waals surface area contributed by atoms with Gasteiger partial charge in [0, 0.05) is 11.7 Å². The number of anilines is 2. The Morgan fingerprint density at radius 2 is 1.82 bits per heavy atom. The molecule has 8 nitrogen and oxygen atoms in total. The Morgan fingerprint density at radius 1 is 1.18 bits per heavy atom. The molecule has 1 aliphatic rings. The van der Waals surface area contributed by atoms with Crippen LogP contribution < -0.4 is 21.7 Å². The number of nitrogens with two attached hydrogens (primary N) is 2. The van der Waals surface area contributed by atoms with Gasteiger partial charge in [-0.1, -0.05) is 33.1 Å². The lowest BCUT2D eigenvalue weighted by Gasteiger charge is -2.34. The van der Waals surface area contributed by atoms with Gasteiger partial charge >= 0.3 is 0 Å². The highest BCUT2D eigenvalue weighted by Gasteiger charge is 2.36. The zero-order valence-electron chi connectivity index (χ0n) is 18.8. The van der Waals surface area contributed by atoms with Crippen molar-refractivity contribution in [2.75, 3.05) is 10.6 Å². The van der Waals surface area contributed by atoms with Crippen molar-refractivity contribution in [3.63, 3.8) is 0 Å². The zero-order valence-corrected chi connectivity index (χ0v) is 19.7. The van der Waals surface area contributed by atoms with Gasteiger partial charge in [-0.15, -0.1) is 0 Å². The lowest BCUT2D eigenvalue weighted by molar-refractivity contribution is -0.123. The van der Waals surface area contributed by atoms with E-state index in [1.807, 2.05) is 13.8 Å². The molecule has 1 saturated carbocycles. The molecule has 1 fully saturated rings. The Balaban J connectivity index is 2.02. The standard InChI is InChI=1S/C23H30FN5O3S/c1-13(2)12-17(22(31)27-15-6-4-3-5-7-15)29(16-10-8-14(24)9-11-16)23(32)20-18(25)19(21(26)30)28-33-20/h8-11,13,15,17H,3-7,12,25H2,1-2H3,(H2,26,30)(H,27,31). The van der Waals surface area contributed by atoms with Crippen LogP contribution in [0, 0.1) is 11.7 Å². The van der Waals surface area contributed by atoms with Crippen molar-refractivity contribution in [2.45, 2.75) is 64.5 Å². The molecule has 1 unspecified atom stereocenters. The molecule has 0 saturated heterocycles. The Kier molecular flexibility index (Phi) is 8.01. The number of aromatic nitrogens is 1. The zero-order chi connectivity index (χ0) is 24.1. The fraction of sp³-hybridized carbons (Fsp3) is 0.478. The number of carbonyl (C=O) groups excluding carboxylic acids is 3. The Morgan fingerprint density at radius 3 is 2.36 bits per heavy atom. The number of rotatable bonds is 8. The van der Waals surface area contributed by atoms with Crippen molar-refractivity contribution in [1.29, 1.82) is 0 Å². The van der Waals surface area contributed by atoms with Crippen molar-refractivity contribution < 1.29 is 18.8 Å². The van der Waals surface area contributed by atoms with E-state index < -0.39 is 23.7 Å². The van der Waals surface area contributed by atoms with E-state index in [4.69, 9.17) is 11.5 Å². The van der Waals surface area contributed by atoms with Gasteiger partial charge in [0.05, 0.1) is 5.69 Å². The van der Waals surface area contributed by atoms with E-state index >= 15 is 0 Å². The maximum Gasteiger partial charge on any atom is 0.272 e. The average Bonchev–Trinajstić information content (AvgIpc) is 3.16. The quantitative estimate of drug-likeness (QED) is 0.538. The number of amides is 3. The number of carbonyl (C=O) groups is 3. The van der Waals surface area contributed by atoms with Crippen molar-refractivity contribution in [3.05, 3.63) is 40.7 Å². The molecule has 3 rings (SSSR count). The molecule has 1 heterocycles. The summed E-state index contributed by atoms with van der Waals surface area (Å²) in [5.74, 6) is -2.08. The molecule has 2 aromatic rings. The highest BCUT2D eigenvalue weighted by molar-refractivity contribution is 7.09. The summed E-state index contributed by atoms with van der Waals surface area (Å²) < 4.78 is 17.6. The van der Waals surface area contributed by atoms with Gasteiger partial charge in [0.1, 0.15) is 16.7 Å². The topological polar surface area (TPSA) is 131 Å². The number of halogens is 1. The van der Waals surface area contributed by atoms with Gasteiger partial charge in [0.15, 0.2) is 5.69 Å². The summed E-state index contributed by atoms with van der Waals surface area (Å²) >= 11 is 0.750. The number of nitrogens with one attached hydrogen (secondary N) is 1. The average molecular weight is 476 g/mol. The van der Waals surface area contributed by atoms with Crippen molar-refractivity contribution in [2.24, 2.45) is 11.7 Å². The van der Waals surface area contributed by atoms with E-state index in [-0.39, 0.29) is 34.1 Å². The molecular formula is C23H30FN5O3S. The van der Waals surface area contributed by atoms with Crippen molar-refractivity contribution in [1.82, 2.24) is 9.69 Å². The molecule has 0 bridgehead atoms. The van der Waals surface area contributed by atoms with Gasteiger partial charge in [-0.25, -0.2) is 4.39 Å². The van der Waals surface area contributed by atoms with E-state index in [1.165, 1.54) is 29.2 Å². The monoisotopic (exact) mass is 475 g/mol. The Bertz CT molecular complexity index is 1000. The Hall–Kier alpha value is -3.01. The molecular weight excluding hydrogens is 445 g/mol. The van der Waals surface area contributed by atoms with Crippen LogP contribution >= 0.6 is 11.5 Å². The molecule has 1 aromatic carbocycles. The molecule has 0 aliphatic heterocycles. The number of nitrogen functional groups attached to an aromatic ring is 1. The molecule has 1 aromatic heterocycles. The highest BCUT2D eigenvalue weighted by atomic mass is 32.1. The first-order chi connectivity index (χ1) is 15.7. The number of primary amides is 1. The summed E-state index contributed by atoms with van der Waals surface area (Å²) in [6.45, 7) is 3.92. The first-order valence-electron chi connectivity index (χ1n) is 11.1. The lowest BCUT2D eigenvalue weighted by Crippen LogP contribution is -2.53. The molecule has 0 spiro atoms. The molecule has 0 radical (unpaired) electrons. The smallest absolute Gasteiger partial charge is 0.272 e. The molecule has 3 amide bonds. The van der Waals surface area contributed by atoms with E-state index in [1.54, 1.807) is 0 Å². The summed E-state index contributed by atoms with van der Waals surface area (Å²) in [6.07, 6.45) is 5.42. The normalized spacial score (nSPS) is 15.3. The molecule has 1 aliphatic carbocycles. The maximum atomic E-state index is 13.7. The SMILES string of the molecule is CC(C)CC(C(=O)NC1CCCCC1)N(C(=O)c1snc(C(N)=O)c1N)c1ccc(F)cc1. The maximum absolute atomic E-state index is 13.7. The van der Waals surface area contributed by atoms with Crippen LogP contribution in [0.15, 0.2) is 24.3 Å². The van der Waals surface area contributed by atoms with Crippen LogP contribution in [0.4, 0.5) is 15.8 Å². The summed E-state index contributed by atoms with van der Waals surface area (Å²) in [7, 11) is 0. The summed E-state index contributed by atoms with van der Waals surface area (Å²) in [5.41, 5.74) is 11.4. The predicted molar refractivity (Wildman–Crippen MR) is 127 cm³/mol. The fourth-order valence-electron chi connectivity index (χ4n) is 4.10. The van der Waals surface area contributed by atoms with E-state index in [0.29, 0.717) is 12.1 Å². The number of hydrogen-bond acceptors (Lipinski definition) is 6. The summed E-state index contributed by atoms with van der Waals surface area (Å²) in [5, 5.41) is 3.11. The van der Waals surface area contributed by atoms with Crippen molar-refractivity contribution in [3.8, 4) is 0 Å². The van der Waals surface area contributed by atoms with E-state index in [2.05, 4.69) is 9.69 Å². The first kappa shape index (κ1) is 24.6. The molecule has 33 heavy (non-hydrogen) atoms. The third-order valence-corrected chi connectivity index (χ3v) is 6.59. The van der Waals surface area contributed by atoms with Crippen LogP contribution in [0.2, 0.25) is 0 Å². The second-order valence-corrected chi connectivity index (χ2v) is 9.55. The van der Waals surface area contributed by atoms with Gasteiger partial charge in [-0.05, 0) is 61.0 Å². The minimum Gasteiger partial charge on any atom is -0.395 e. The highest BCUT2D eigenvalue weighted by Crippen LogP contribution is 2.30. The van der Waals surface area contributed by atoms with Gasteiger partial charge in [0.25, 0.3) is 11.8 Å². The summed E-state index contributed by atoms with van der Waals surface area (Å²) in [4.78, 5) is 40.1. The predicted octanol–water partition coefficient (Wildman–Crippen LogP) is 3.47. The largest absolute Gasteiger partial charge is 0.395 e. The summed E-state index contributed by atoms with van der Waals surface area (Å²) in [6, 6.07) is 4.55.